The van der Waals surface area contributed by atoms with E-state index in [-0.39, 0.29) is 12.8 Å². The fourth-order valence-corrected chi connectivity index (χ4v) is 2.38. The first kappa shape index (κ1) is 17.7. The number of urea groups is 1. The van der Waals surface area contributed by atoms with Crippen LogP contribution in [0.5, 0.6) is 11.5 Å². The van der Waals surface area contributed by atoms with E-state index < -0.39 is 0 Å². The van der Waals surface area contributed by atoms with E-state index in [1.165, 1.54) is 0 Å². The smallest absolute Gasteiger partial charge is 0.321 e. The molecule has 0 fully saturated rings. The predicted molar refractivity (Wildman–Crippen MR) is 95.8 cm³/mol. The zero-order valence-corrected chi connectivity index (χ0v) is 14.4. The summed E-state index contributed by atoms with van der Waals surface area (Å²) in [7, 11) is 0. The number of ether oxygens (including phenoxy) is 2. The molecular weight excluding hydrogens is 304 g/mol. The first-order valence-corrected chi connectivity index (χ1v) is 8.13. The van der Waals surface area contributed by atoms with E-state index in [0.717, 1.165) is 23.2 Å². The molecule has 5 nitrogen and oxygen atoms in total. The van der Waals surface area contributed by atoms with Crippen LogP contribution in [0.25, 0.3) is 0 Å². The highest BCUT2D eigenvalue weighted by Gasteiger charge is 2.09. The minimum atomic E-state index is -0.298. The molecule has 0 saturated carbocycles. The second-order valence-electron chi connectivity index (χ2n) is 5.26. The molecule has 2 aromatic rings. The second kappa shape index (κ2) is 8.82. The van der Waals surface area contributed by atoms with Gasteiger partial charge in [0.25, 0.3) is 0 Å². The number of aryl methyl sites for hydroxylation is 2. The number of rotatable bonds is 7. The quantitative estimate of drug-likeness (QED) is 0.752. The summed E-state index contributed by atoms with van der Waals surface area (Å²) >= 11 is 0. The van der Waals surface area contributed by atoms with Crippen molar-refractivity contribution >= 4 is 11.7 Å². The lowest BCUT2D eigenvalue weighted by Crippen LogP contribution is -2.32. The summed E-state index contributed by atoms with van der Waals surface area (Å²) in [5.41, 5.74) is 2.99. The van der Waals surface area contributed by atoms with E-state index in [0.29, 0.717) is 18.1 Å². The van der Waals surface area contributed by atoms with Gasteiger partial charge in [-0.2, -0.15) is 0 Å². The van der Waals surface area contributed by atoms with Crippen molar-refractivity contribution in [2.45, 2.75) is 27.2 Å². The highest BCUT2D eigenvalue weighted by atomic mass is 16.5. The number of amides is 2. The molecule has 0 unspecified atom stereocenters. The third-order valence-corrected chi connectivity index (χ3v) is 3.59. The van der Waals surface area contributed by atoms with Crippen molar-refractivity contribution < 1.29 is 14.3 Å². The van der Waals surface area contributed by atoms with Gasteiger partial charge in [-0.3, -0.25) is 0 Å². The van der Waals surface area contributed by atoms with Gasteiger partial charge in [-0.05, 0) is 43.5 Å². The maximum Gasteiger partial charge on any atom is 0.321 e. The molecule has 0 atom stereocenters. The van der Waals surface area contributed by atoms with Gasteiger partial charge < -0.3 is 20.1 Å². The molecule has 0 bridgehead atoms. The van der Waals surface area contributed by atoms with E-state index in [9.17, 15) is 4.79 Å². The largest absolute Gasteiger partial charge is 0.490 e. The van der Waals surface area contributed by atoms with E-state index in [1.54, 1.807) is 6.07 Å². The molecule has 2 amide bonds. The Bertz CT molecular complexity index is 686. The summed E-state index contributed by atoms with van der Waals surface area (Å²) in [5, 5.41) is 5.59. The lowest BCUT2D eigenvalue weighted by atomic mass is 10.1. The Balaban J connectivity index is 1.91. The summed E-state index contributed by atoms with van der Waals surface area (Å²) in [6, 6.07) is 13.1. The first-order chi connectivity index (χ1) is 11.7. The van der Waals surface area contributed by atoms with Gasteiger partial charge in [0, 0.05) is 5.69 Å². The van der Waals surface area contributed by atoms with Crippen LogP contribution in [0.4, 0.5) is 10.5 Å². The second-order valence-corrected chi connectivity index (χ2v) is 5.26. The van der Waals surface area contributed by atoms with Crippen molar-refractivity contribution in [2.75, 3.05) is 18.7 Å². The molecule has 5 heteroatoms. The Morgan fingerprint density at radius 3 is 2.38 bits per heavy atom. The van der Waals surface area contributed by atoms with Crippen LogP contribution in [-0.4, -0.2) is 19.4 Å². The Morgan fingerprint density at radius 2 is 1.71 bits per heavy atom. The van der Waals surface area contributed by atoms with Crippen LogP contribution in [0, 0.1) is 6.92 Å². The lowest BCUT2D eigenvalue weighted by molar-refractivity contribution is 0.229. The van der Waals surface area contributed by atoms with Gasteiger partial charge >= 0.3 is 6.03 Å². The Kier molecular flexibility index (Phi) is 6.49. The molecule has 0 aliphatic rings. The third-order valence-electron chi connectivity index (χ3n) is 3.59. The number of carbonyl (C=O) groups excluding carboxylic acids is 1. The number of carbonyl (C=O) groups is 1. The number of benzene rings is 2. The van der Waals surface area contributed by atoms with Crippen LogP contribution in [0.2, 0.25) is 0 Å². The highest BCUT2D eigenvalue weighted by Crippen LogP contribution is 2.26. The van der Waals surface area contributed by atoms with E-state index in [4.69, 9.17) is 9.47 Å². The monoisotopic (exact) mass is 328 g/mol. The number of hydrogen-bond donors (Lipinski definition) is 2. The van der Waals surface area contributed by atoms with Crippen LogP contribution in [0.3, 0.4) is 0 Å². The van der Waals surface area contributed by atoms with Crippen molar-refractivity contribution in [2.24, 2.45) is 0 Å². The summed E-state index contributed by atoms with van der Waals surface area (Å²) in [6.45, 7) is 6.57. The molecule has 0 aliphatic heterocycles. The van der Waals surface area contributed by atoms with Crippen LogP contribution in [0.1, 0.15) is 25.0 Å². The molecule has 0 radical (unpaired) electrons. The maximum atomic E-state index is 12.1. The number of para-hydroxylation sites is 3. The number of nitrogens with one attached hydrogen (secondary N) is 2. The Labute approximate surface area is 143 Å². The number of anilines is 1. The van der Waals surface area contributed by atoms with E-state index in [1.807, 2.05) is 50.2 Å². The standard InChI is InChI=1S/C19H24N2O3/c1-4-15-10-8-9-14(3)18(15)21-19(22)20-13-24-17-12-7-6-11-16(17)23-5-2/h6-12H,4-5,13H2,1-3H3,(H2,20,21,22). The van der Waals surface area contributed by atoms with Crippen LogP contribution >= 0.6 is 0 Å². The topological polar surface area (TPSA) is 59.6 Å². The predicted octanol–water partition coefficient (Wildman–Crippen LogP) is 4.11. The van der Waals surface area contributed by atoms with Crippen molar-refractivity contribution in [3.63, 3.8) is 0 Å². The molecule has 2 rings (SSSR count). The van der Waals surface area contributed by atoms with Crippen molar-refractivity contribution in [3.05, 3.63) is 53.6 Å². The van der Waals surface area contributed by atoms with Gasteiger partial charge in [0.1, 0.15) is 0 Å². The van der Waals surface area contributed by atoms with Gasteiger partial charge in [-0.1, -0.05) is 37.3 Å². The average Bonchev–Trinajstić information content (AvgIpc) is 2.58. The molecule has 24 heavy (non-hydrogen) atoms. The number of hydrogen-bond acceptors (Lipinski definition) is 3. The van der Waals surface area contributed by atoms with Crippen LogP contribution in [-0.2, 0) is 6.42 Å². The van der Waals surface area contributed by atoms with E-state index >= 15 is 0 Å². The molecule has 0 aliphatic carbocycles. The zero-order valence-electron chi connectivity index (χ0n) is 14.4. The first-order valence-electron chi connectivity index (χ1n) is 8.13. The molecule has 0 spiro atoms. The van der Waals surface area contributed by atoms with E-state index in [2.05, 4.69) is 17.6 Å². The summed E-state index contributed by atoms with van der Waals surface area (Å²) < 4.78 is 11.1. The summed E-state index contributed by atoms with van der Waals surface area (Å²) in [5.74, 6) is 1.26. The zero-order chi connectivity index (χ0) is 17.4. The SMILES string of the molecule is CCOc1ccccc1OCNC(=O)Nc1c(C)cccc1CC. The fraction of sp³-hybridized carbons (Fsp3) is 0.316. The summed E-state index contributed by atoms with van der Waals surface area (Å²) in [6.07, 6.45) is 0.857. The van der Waals surface area contributed by atoms with Gasteiger partial charge in [0.2, 0.25) is 0 Å². The van der Waals surface area contributed by atoms with Gasteiger partial charge in [0.05, 0.1) is 6.61 Å². The Morgan fingerprint density at radius 1 is 1.00 bits per heavy atom. The lowest BCUT2D eigenvalue weighted by Gasteiger charge is -2.15. The minimum Gasteiger partial charge on any atom is -0.490 e. The van der Waals surface area contributed by atoms with Gasteiger partial charge in [0.15, 0.2) is 18.2 Å². The molecular formula is C19H24N2O3. The highest BCUT2D eigenvalue weighted by molar-refractivity contribution is 5.90. The van der Waals surface area contributed by atoms with Crippen LogP contribution in [0.15, 0.2) is 42.5 Å². The molecule has 0 saturated heterocycles. The Hall–Kier alpha value is -2.69. The van der Waals surface area contributed by atoms with Crippen molar-refractivity contribution in [1.29, 1.82) is 0 Å². The van der Waals surface area contributed by atoms with Gasteiger partial charge in [-0.15, -0.1) is 0 Å². The minimum absolute atomic E-state index is 0.0588. The molecule has 2 aromatic carbocycles. The van der Waals surface area contributed by atoms with Gasteiger partial charge in [-0.25, -0.2) is 4.79 Å². The molecule has 128 valence electrons. The summed E-state index contributed by atoms with van der Waals surface area (Å²) in [4.78, 5) is 12.1. The van der Waals surface area contributed by atoms with Crippen LogP contribution < -0.4 is 20.1 Å². The third kappa shape index (κ3) is 4.65. The molecule has 2 N–H and O–H groups in total. The normalized spacial score (nSPS) is 10.1. The maximum absolute atomic E-state index is 12.1. The van der Waals surface area contributed by atoms with Crippen molar-refractivity contribution in [3.8, 4) is 11.5 Å². The van der Waals surface area contributed by atoms with Crippen molar-refractivity contribution in [1.82, 2.24) is 5.32 Å². The fourth-order valence-electron chi connectivity index (χ4n) is 2.38. The average molecular weight is 328 g/mol. The molecule has 0 heterocycles. The molecule has 0 aromatic heterocycles.